The van der Waals surface area contributed by atoms with Gasteiger partial charge in [-0.25, -0.2) is 4.79 Å². The van der Waals surface area contributed by atoms with Crippen molar-refractivity contribution in [3.05, 3.63) is 59.7 Å². The average molecular weight is 410 g/mol. The normalized spacial score (nSPS) is 13.3. The quantitative estimate of drug-likeness (QED) is 0.406. The molecule has 3 rings (SSSR count). The Morgan fingerprint density at radius 2 is 1.77 bits per heavy atom. The van der Waals surface area contributed by atoms with Crippen molar-refractivity contribution in [2.45, 2.75) is 19.8 Å². The minimum Gasteiger partial charge on any atom is -0.492 e. The van der Waals surface area contributed by atoms with Gasteiger partial charge in [0.05, 0.1) is 17.8 Å². The number of ether oxygens (including phenoxy) is 2. The number of hydrogen-bond acceptors (Lipinski definition) is 6. The molecule has 0 unspecified atom stereocenters. The number of nitrogens with one attached hydrogen (secondary N) is 1. The monoisotopic (exact) mass is 410 g/mol. The number of imide groups is 1. The van der Waals surface area contributed by atoms with Gasteiger partial charge >= 0.3 is 5.97 Å². The molecule has 1 heterocycles. The molecule has 0 radical (unpaired) electrons. The van der Waals surface area contributed by atoms with Crippen molar-refractivity contribution < 1.29 is 28.7 Å². The average Bonchev–Trinajstić information content (AvgIpc) is 3.07. The lowest BCUT2D eigenvalue weighted by Gasteiger charge is -2.14. The van der Waals surface area contributed by atoms with E-state index in [0.29, 0.717) is 11.4 Å². The van der Waals surface area contributed by atoms with Crippen molar-refractivity contribution in [2.24, 2.45) is 0 Å². The maximum absolute atomic E-state index is 12.2. The van der Waals surface area contributed by atoms with E-state index in [2.05, 4.69) is 5.32 Å². The van der Waals surface area contributed by atoms with Gasteiger partial charge in [-0.1, -0.05) is 18.2 Å². The molecule has 2 aromatic rings. The molecule has 0 spiro atoms. The summed E-state index contributed by atoms with van der Waals surface area (Å²) in [5, 5.41) is 2.60. The molecule has 8 nitrogen and oxygen atoms in total. The first-order chi connectivity index (χ1) is 14.4. The van der Waals surface area contributed by atoms with Gasteiger partial charge < -0.3 is 14.8 Å². The Labute approximate surface area is 173 Å². The van der Waals surface area contributed by atoms with Crippen LogP contribution in [0.3, 0.4) is 0 Å². The van der Waals surface area contributed by atoms with Gasteiger partial charge in [-0.05, 0) is 42.8 Å². The van der Waals surface area contributed by atoms with Crippen LogP contribution in [-0.2, 0) is 19.1 Å². The predicted octanol–water partition coefficient (Wildman–Crippen LogP) is 2.00. The molecule has 8 heteroatoms. The molecule has 0 aromatic heterocycles. The number of anilines is 1. The SMILES string of the molecule is Cc1cccc(OCCNC(=O)COC(=O)c2cccc(N3C(=O)CCC3=O)c2)c1. The highest BCUT2D eigenvalue weighted by Gasteiger charge is 2.30. The fraction of sp³-hybridized carbons (Fsp3) is 0.273. The van der Waals surface area contributed by atoms with E-state index >= 15 is 0 Å². The molecule has 0 saturated carbocycles. The number of rotatable bonds is 8. The second kappa shape index (κ2) is 9.69. The lowest BCUT2D eigenvalue weighted by atomic mass is 10.2. The summed E-state index contributed by atoms with van der Waals surface area (Å²) in [6, 6.07) is 13.6. The lowest BCUT2D eigenvalue weighted by Crippen LogP contribution is -2.32. The zero-order valence-corrected chi connectivity index (χ0v) is 16.6. The summed E-state index contributed by atoms with van der Waals surface area (Å²) in [5.74, 6) is -1.08. The molecule has 0 atom stereocenters. The topological polar surface area (TPSA) is 102 Å². The Morgan fingerprint density at radius 1 is 1.03 bits per heavy atom. The molecule has 2 aromatic carbocycles. The van der Waals surface area contributed by atoms with Gasteiger partial charge in [0.1, 0.15) is 12.4 Å². The summed E-state index contributed by atoms with van der Waals surface area (Å²) in [6.07, 6.45) is 0.308. The maximum Gasteiger partial charge on any atom is 0.338 e. The van der Waals surface area contributed by atoms with Crippen LogP contribution in [0.5, 0.6) is 5.75 Å². The minimum atomic E-state index is -0.720. The first kappa shape index (κ1) is 21.0. The van der Waals surface area contributed by atoms with Crippen molar-refractivity contribution >= 4 is 29.4 Å². The summed E-state index contributed by atoms with van der Waals surface area (Å²) >= 11 is 0. The molecule has 1 fully saturated rings. The molecule has 1 N–H and O–H groups in total. The number of benzene rings is 2. The number of nitrogens with zero attached hydrogens (tertiary/aromatic N) is 1. The number of carbonyl (C=O) groups excluding carboxylic acids is 4. The van der Waals surface area contributed by atoms with Crippen LogP contribution in [0.4, 0.5) is 5.69 Å². The zero-order valence-electron chi connectivity index (χ0n) is 16.6. The van der Waals surface area contributed by atoms with Gasteiger partial charge in [0, 0.05) is 12.8 Å². The summed E-state index contributed by atoms with van der Waals surface area (Å²) in [4.78, 5) is 48.8. The van der Waals surface area contributed by atoms with E-state index in [0.717, 1.165) is 10.5 Å². The van der Waals surface area contributed by atoms with Gasteiger partial charge in [0.15, 0.2) is 6.61 Å². The smallest absolute Gasteiger partial charge is 0.338 e. The summed E-state index contributed by atoms with van der Waals surface area (Å²) < 4.78 is 10.5. The van der Waals surface area contributed by atoms with Gasteiger partial charge in [0.25, 0.3) is 5.91 Å². The van der Waals surface area contributed by atoms with Crippen molar-refractivity contribution in [3.8, 4) is 5.75 Å². The van der Waals surface area contributed by atoms with Gasteiger partial charge in [-0.3, -0.25) is 19.3 Å². The van der Waals surface area contributed by atoms with E-state index in [-0.39, 0.29) is 43.4 Å². The first-order valence-electron chi connectivity index (χ1n) is 9.53. The molecular weight excluding hydrogens is 388 g/mol. The molecular formula is C22H22N2O6. The van der Waals surface area contributed by atoms with Crippen LogP contribution in [0.25, 0.3) is 0 Å². The summed E-state index contributed by atoms with van der Waals surface area (Å²) in [6.45, 7) is 2.05. The second-order valence-electron chi connectivity index (χ2n) is 6.76. The highest BCUT2D eigenvalue weighted by atomic mass is 16.5. The van der Waals surface area contributed by atoms with Crippen molar-refractivity contribution in [1.82, 2.24) is 5.32 Å². The molecule has 1 aliphatic rings. The van der Waals surface area contributed by atoms with Crippen LogP contribution in [0.1, 0.15) is 28.8 Å². The fourth-order valence-corrected chi connectivity index (χ4v) is 2.97. The summed E-state index contributed by atoms with van der Waals surface area (Å²) in [5.41, 5.74) is 1.54. The van der Waals surface area contributed by atoms with Crippen LogP contribution in [0.15, 0.2) is 48.5 Å². The van der Waals surface area contributed by atoms with Gasteiger partial charge in [-0.15, -0.1) is 0 Å². The Balaban J connectivity index is 1.44. The number of aryl methyl sites for hydroxylation is 1. The van der Waals surface area contributed by atoms with Crippen LogP contribution in [0, 0.1) is 6.92 Å². The van der Waals surface area contributed by atoms with Crippen LogP contribution < -0.4 is 15.0 Å². The van der Waals surface area contributed by atoms with E-state index in [9.17, 15) is 19.2 Å². The number of esters is 1. The van der Waals surface area contributed by atoms with E-state index in [4.69, 9.17) is 9.47 Å². The molecule has 1 aliphatic heterocycles. The molecule has 30 heavy (non-hydrogen) atoms. The Kier molecular flexibility index (Phi) is 6.79. The standard InChI is InChI=1S/C22H22N2O6/c1-15-4-2-7-18(12-15)29-11-10-23-19(25)14-30-22(28)16-5-3-6-17(13-16)24-20(26)8-9-21(24)27/h2-7,12-13H,8-11,14H2,1H3,(H,23,25). The van der Waals surface area contributed by atoms with Gasteiger partial charge in [-0.2, -0.15) is 0 Å². The van der Waals surface area contributed by atoms with E-state index < -0.39 is 18.5 Å². The second-order valence-corrected chi connectivity index (χ2v) is 6.76. The summed E-state index contributed by atoms with van der Waals surface area (Å²) in [7, 11) is 0. The van der Waals surface area contributed by atoms with Crippen molar-refractivity contribution in [3.63, 3.8) is 0 Å². The largest absolute Gasteiger partial charge is 0.492 e. The molecule has 156 valence electrons. The number of amides is 3. The highest BCUT2D eigenvalue weighted by molar-refractivity contribution is 6.20. The number of carbonyl (C=O) groups is 4. The molecule has 0 bridgehead atoms. The van der Waals surface area contributed by atoms with Crippen molar-refractivity contribution in [1.29, 1.82) is 0 Å². The van der Waals surface area contributed by atoms with Crippen LogP contribution in [-0.4, -0.2) is 43.4 Å². The molecule has 3 amide bonds. The van der Waals surface area contributed by atoms with Crippen LogP contribution in [0.2, 0.25) is 0 Å². The van der Waals surface area contributed by atoms with Gasteiger partial charge in [0.2, 0.25) is 11.8 Å². The molecule has 1 saturated heterocycles. The van der Waals surface area contributed by atoms with E-state index in [1.807, 2.05) is 31.2 Å². The highest BCUT2D eigenvalue weighted by Crippen LogP contribution is 2.23. The first-order valence-corrected chi connectivity index (χ1v) is 9.53. The van der Waals surface area contributed by atoms with E-state index in [1.54, 1.807) is 12.1 Å². The minimum absolute atomic E-state index is 0.149. The maximum atomic E-state index is 12.2. The fourth-order valence-electron chi connectivity index (χ4n) is 2.97. The Morgan fingerprint density at radius 3 is 2.50 bits per heavy atom. The van der Waals surface area contributed by atoms with Crippen LogP contribution >= 0.6 is 0 Å². The van der Waals surface area contributed by atoms with E-state index in [1.165, 1.54) is 12.1 Å². The third-order valence-corrected chi connectivity index (χ3v) is 4.41. The van der Waals surface area contributed by atoms with Crippen molar-refractivity contribution in [2.75, 3.05) is 24.7 Å². The molecule has 0 aliphatic carbocycles. The third kappa shape index (κ3) is 5.44. The Hall–Kier alpha value is -3.68. The predicted molar refractivity (Wildman–Crippen MR) is 108 cm³/mol. The number of hydrogen-bond donors (Lipinski definition) is 1. The zero-order chi connectivity index (χ0) is 21.5. The Bertz CT molecular complexity index is 956. The lowest BCUT2D eigenvalue weighted by molar-refractivity contribution is -0.124. The third-order valence-electron chi connectivity index (χ3n) is 4.41.